The topological polar surface area (TPSA) is 38.2 Å². The van der Waals surface area contributed by atoms with Gasteiger partial charge < -0.3 is 4.74 Å². The lowest BCUT2D eigenvalue weighted by molar-refractivity contribution is -0.00907. The molecule has 2 aromatic rings. The van der Waals surface area contributed by atoms with Crippen molar-refractivity contribution in [2.24, 2.45) is 5.92 Å². The van der Waals surface area contributed by atoms with Gasteiger partial charge in [0.25, 0.3) is 0 Å². The quantitative estimate of drug-likeness (QED) is 0.830. The number of piperidine rings is 3. The number of nitrogens with zero attached hydrogens (tertiary/aromatic N) is 3. The van der Waals surface area contributed by atoms with E-state index in [-0.39, 0.29) is 0 Å². The Labute approximate surface area is 110 Å². The first kappa shape index (κ1) is 10.7. The van der Waals surface area contributed by atoms with E-state index in [1.54, 1.807) is 17.7 Å². The summed E-state index contributed by atoms with van der Waals surface area (Å²) in [6.45, 7) is 3.53. The summed E-state index contributed by atoms with van der Waals surface area (Å²) in [4.78, 5) is 11.1. The summed E-state index contributed by atoms with van der Waals surface area (Å²) >= 11 is 1.66. The maximum Gasteiger partial charge on any atom is 0.235 e. The molecule has 5 heterocycles. The predicted octanol–water partition coefficient (Wildman–Crippen LogP) is 2.16. The third kappa shape index (κ3) is 1.69. The summed E-state index contributed by atoms with van der Waals surface area (Å²) in [5.74, 6) is 1.48. The minimum atomic E-state index is 0.313. The van der Waals surface area contributed by atoms with E-state index in [0.717, 1.165) is 22.6 Å². The Hall–Kier alpha value is -1.20. The number of ether oxygens (including phenoxy) is 1. The Morgan fingerprint density at radius 2 is 2.17 bits per heavy atom. The highest BCUT2D eigenvalue weighted by Gasteiger charge is 2.36. The lowest BCUT2D eigenvalue weighted by atomic mass is 9.86. The zero-order valence-electron chi connectivity index (χ0n) is 10.1. The highest BCUT2D eigenvalue weighted by Crippen LogP contribution is 2.33. The van der Waals surface area contributed by atoms with Crippen molar-refractivity contribution in [1.29, 1.82) is 0 Å². The molecule has 3 saturated heterocycles. The van der Waals surface area contributed by atoms with Crippen LogP contribution in [-0.4, -0.2) is 40.6 Å². The molecule has 3 aliphatic rings. The molecule has 94 valence electrons. The van der Waals surface area contributed by atoms with E-state index in [0.29, 0.717) is 12.0 Å². The fourth-order valence-corrected chi connectivity index (χ4v) is 3.81. The Balaban J connectivity index is 1.62. The van der Waals surface area contributed by atoms with Gasteiger partial charge in [-0.3, -0.25) is 4.90 Å². The second kappa shape index (κ2) is 4.17. The molecule has 1 atom stereocenters. The van der Waals surface area contributed by atoms with Crippen LogP contribution >= 0.6 is 11.3 Å². The Morgan fingerprint density at radius 1 is 1.28 bits per heavy atom. The fraction of sp³-hybridized carbons (Fsp3) is 0.538. The molecular weight excluding hydrogens is 246 g/mol. The van der Waals surface area contributed by atoms with Crippen LogP contribution in [0.3, 0.4) is 0 Å². The number of hydrogen-bond donors (Lipinski definition) is 0. The van der Waals surface area contributed by atoms with Crippen molar-refractivity contribution in [3.05, 3.63) is 17.8 Å². The van der Waals surface area contributed by atoms with Crippen LogP contribution in [-0.2, 0) is 0 Å². The summed E-state index contributed by atoms with van der Waals surface area (Å²) in [7, 11) is 0. The van der Waals surface area contributed by atoms with Crippen LogP contribution in [0.2, 0.25) is 0 Å². The van der Waals surface area contributed by atoms with Crippen molar-refractivity contribution in [3.63, 3.8) is 0 Å². The molecule has 0 aromatic carbocycles. The van der Waals surface area contributed by atoms with E-state index in [9.17, 15) is 0 Å². The molecule has 5 heteroatoms. The number of fused-ring (bicyclic) bond motifs is 4. The van der Waals surface area contributed by atoms with E-state index >= 15 is 0 Å². The van der Waals surface area contributed by atoms with E-state index in [1.807, 2.05) is 11.4 Å². The number of hydrogen-bond acceptors (Lipinski definition) is 5. The molecule has 1 unspecified atom stereocenters. The van der Waals surface area contributed by atoms with Gasteiger partial charge >= 0.3 is 0 Å². The SMILES string of the molecule is c1nc(OC2CN3CCC2CC3)c2sccc2n1. The zero-order chi connectivity index (χ0) is 11.9. The molecule has 0 amide bonds. The second-order valence-corrected chi connectivity index (χ2v) is 6.02. The Morgan fingerprint density at radius 3 is 2.94 bits per heavy atom. The third-order valence-electron chi connectivity index (χ3n) is 4.07. The van der Waals surface area contributed by atoms with Crippen molar-refractivity contribution >= 4 is 21.6 Å². The molecule has 18 heavy (non-hydrogen) atoms. The highest BCUT2D eigenvalue weighted by molar-refractivity contribution is 7.17. The third-order valence-corrected chi connectivity index (χ3v) is 4.96. The first-order valence-electron chi connectivity index (χ1n) is 6.47. The summed E-state index contributed by atoms with van der Waals surface area (Å²) in [5, 5.41) is 2.04. The molecule has 3 aliphatic heterocycles. The average molecular weight is 261 g/mol. The molecule has 0 N–H and O–H groups in total. The second-order valence-electron chi connectivity index (χ2n) is 5.11. The van der Waals surface area contributed by atoms with Crippen LogP contribution in [0.4, 0.5) is 0 Å². The van der Waals surface area contributed by atoms with Crippen molar-refractivity contribution in [1.82, 2.24) is 14.9 Å². The normalized spacial score (nSPS) is 30.8. The van der Waals surface area contributed by atoms with Gasteiger partial charge in [0.1, 0.15) is 17.1 Å². The summed E-state index contributed by atoms with van der Waals surface area (Å²) < 4.78 is 7.26. The van der Waals surface area contributed by atoms with E-state index in [2.05, 4.69) is 14.9 Å². The van der Waals surface area contributed by atoms with Gasteiger partial charge in [0.2, 0.25) is 5.88 Å². The van der Waals surface area contributed by atoms with Crippen LogP contribution in [0.25, 0.3) is 10.2 Å². The van der Waals surface area contributed by atoms with Crippen molar-refractivity contribution < 1.29 is 4.74 Å². The molecule has 0 saturated carbocycles. The maximum absolute atomic E-state index is 6.18. The van der Waals surface area contributed by atoms with Gasteiger partial charge in [-0.25, -0.2) is 9.97 Å². The Bertz CT molecular complexity index is 562. The summed E-state index contributed by atoms with van der Waals surface area (Å²) in [6.07, 6.45) is 4.45. The number of thiophene rings is 1. The number of rotatable bonds is 2. The molecule has 0 aliphatic carbocycles. The molecule has 0 radical (unpaired) electrons. The van der Waals surface area contributed by atoms with Crippen LogP contribution in [0.5, 0.6) is 5.88 Å². The highest BCUT2D eigenvalue weighted by atomic mass is 32.1. The van der Waals surface area contributed by atoms with Gasteiger partial charge in [-0.2, -0.15) is 0 Å². The summed E-state index contributed by atoms with van der Waals surface area (Å²) in [5.41, 5.74) is 0.992. The van der Waals surface area contributed by atoms with Gasteiger partial charge in [-0.05, 0) is 43.3 Å². The molecule has 2 bridgehead atoms. The fourth-order valence-electron chi connectivity index (χ4n) is 3.04. The van der Waals surface area contributed by atoms with Crippen LogP contribution in [0, 0.1) is 5.92 Å². The van der Waals surface area contributed by atoms with Crippen molar-refractivity contribution in [3.8, 4) is 5.88 Å². The maximum atomic E-state index is 6.18. The molecule has 0 spiro atoms. The molecule has 3 fully saturated rings. The van der Waals surface area contributed by atoms with E-state index in [4.69, 9.17) is 4.74 Å². The smallest absolute Gasteiger partial charge is 0.235 e. The van der Waals surface area contributed by atoms with E-state index in [1.165, 1.54) is 25.9 Å². The van der Waals surface area contributed by atoms with Gasteiger partial charge in [0, 0.05) is 6.54 Å². The van der Waals surface area contributed by atoms with E-state index < -0.39 is 0 Å². The van der Waals surface area contributed by atoms with Crippen LogP contribution < -0.4 is 4.74 Å². The van der Waals surface area contributed by atoms with Gasteiger partial charge in [-0.1, -0.05) is 0 Å². The first-order valence-corrected chi connectivity index (χ1v) is 7.35. The first-order chi connectivity index (χ1) is 8.90. The average Bonchev–Trinajstić information content (AvgIpc) is 2.90. The van der Waals surface area contributed by atoms with Crippen molar-refractivity contribution in [2.45, 2.75) is 18.9 Å². The largest absolute Gasteiger partial charge is 0.472 e. The minimum Gasteiger partial charge on any atom is -0.472 e. The number of aromatic nitrogens is 2. The monoisotopic (exact) mass is 261 g/mol. The lowest BCUT2D eigenvalue weighted by Crippen LogP contribution is -2.52. The zero-order valence-corrected chi connectivity index (χ0v) is 10.9. The summed E-state index contributed by atoms with van der Waals surface area (Å²) in [6, 6.07) is 2.02. The minimum absolute atomic E-state index is 0.313. The Kier molecular flexibility index (Phi) is 2.48. The van der Waals surface area contributed by atoms with Gasteiger partial charge in [-0.15, -0.1) is 11.3 Å². The molecule has 4 nitrogen and oxygen atoms in total. The lowest BCUT2D eigenvalue weighted by Gasteiger charge is -2.44. The standard InChI is InChI=1S/C13H15N3OS/c1-4-16-5-2-9(1)11(7-16)17-13-12-10(3-6-18-12)14-8-15-13/h3,6,8-9,11H,1-2,4-5,7H2. The van der Waals surface area contributed by atoms with Gasteiger partial charge in [0.05, 0.1) is 5.52 Å². The predicted molar refractivity (Wildman–Crippen MR) is 71.0 cm³/mol. The molecule has 5 rings (SSSR count). The van der Waals surface area contributed by atoms with Crippen LogP contribution in [0.15, 0.2) is 17.8 Å². The van der Waals surface area contributed by atoms with Crippen molar-refractivity contribution in [2.75, 3.05) is 19.6 Å². The molecular formula is C13H15N3OS. The van der Waals surface area contributed by atoms with Gasteiger partial charge in [0.15, 0.2) is 0 Å². The van der Waals surface area contributed by atoms with Crippen LogP contribution in [0.1, 0.15) is 12.8 Å². The molecule has 2 aromatic heterocycles.